The smallest absolute Gasteiger partial charge is 0.223 e. The summed E-state index contributed by atoms with van der Waals surface area (Å²) in [5.74, 6) is 0.736. The largest absolute Gasteiger partial charge is 0.508 e. The minimum absolute atomic E-state index is 0.210. The summed E-state index contributed by atoms with van der Waals surface area (Å²) in [6.45, 7) is 0.681. The molecule has 2 rings (SSSR count). The fourth-order valence-electron chi connectivity index (χ4n) is 2.32. The van der Waals surface area contributed by atoms with Crippen LogP contribution in [0.4, 0.5) is 0 Å². The third-order valence-electron chi connectivity index (χ3n) is 3.38. The maximum atomic E-state index is 11.7. The summed E-state index contributed by atoms with van der Waals surface area (Å²) in [6, 6.07) is 7.12. The molecule has 3 heteroatoms. The van der Waals surface area contributed by atoms with Crippen LogP contribution in [0.25, 0.3) is 0 Å². The number of phenols is 1. The van der Waals surface area contributed by atoms with Crippen LogP contribution in [0.15, 0.2) is 24.3 Å². The zero-order valence-electron chi connectivity index (χ0n) is 9.98. The van der Waals surface area contributed by atoms with Crippen molar-refractivity contribution in [2.45, 2.75) is 32.1 Å². The van der Waals surface area contributed by atoms with Crippen LogP contribution in [0.5, 0.6) is 5.75 Å². The van der Waals surface area contributed by atoms with Crippen LogP contribution >= 0.6 is 0 Å². The first kappa shape index (κ1) is 12.0. The van der Waals surface area contributed by atoms with Gasteiger partial charge in [0, 0.05) is 12.5 Å². The predicted molar refractivity (Wildman–Crippen MR) is 66.8 cm³/mol. The lowest BCUT2D eigenvalue weighted by atomic mass is 10.1. The lowest BCUT2D eigenvalue weighted by Gasteiger charge is -2.10. The Kier molecular flexibility index (Phi) is 4.02. The Morgan fingerprint density at radius 3 is 2.53 bits per heavy atom. The summed E-state index contributed by atoms with van der Waals surface area (Å²) in [5, 5.41) is 12.1. The van der Waals surface area contributed by atoms with Crippen molar-refractivity contribution < 1.29 is 9.90 Å². The van der Waals surface area contributed by atoms with E-state index in [4.69, 9.17) is 5.11 Å². The van der Waals surface area contributed by atoms with Crippen LogP contribution in [0, 0.1) is 5.92 Å². The van der Waals surface area contributed by atoms with Crippen molar-refractivity contribution in [1.29, 1.82) is 0 Å². The average molecular weight is 233 g/mol. The normalized spacial score (nSPS) is 16.0. The van der Waals surface area contributed by atoms with E-state index in [1.807, 2.05) is 12.1 Å². The maximum absolute atomic E-state index is 11.7. The van der Waals surface area contributed by atoms with Crippen LogP contribution in [0.2, 0.25) is 0 Å². The molecule has 1 fully saturated rings. The van der Waals surface area contributed by atoms with Crippen molar-refractivity contribution in [3.63, 3.8) is 0 Å². The molecule has 2 N–H and O–H groups in total. The van der Waals surface area contributed by atoms with Crippen LogP contribution in [0.3, 0.4) is 0 Å². The standard InChI is InChI=1S/C14H19NO2/c16-13-7-5-11(6-8-13)9-10-15-14(17)12-3-1-2-4-12/h5-8,12,16H,1-4,9-10H2,(H,15,17). The number of carbonyl (C=O) groups excluding carboxylic acids is 1. The van der Waals surface area contributed by atoms with E-state index in [1.54, 1.807) is 12.1 Å². The number of aromatic hydroxyl groups is 1. The van der Waals surface area contributed by atoms with Gasteiger partial charge in [0.25, 0.3) is 0 Å². The van der Waals surface area contributed by atoms with Gasteiger partial charge in [-0.2, -0.15) is 0 Å². The van der Waals surface area contributed by atoms with Crippen molar-refractivity contribution in [3.8, 4) is 5.75 Å². The molecule has 0 radical (unpaired) electrons. The van der Waals surface area contributed by atoms with Gasteiger partial charge in [0.2, 0.25) is 5.91 Å². The summed E-state index contributed by atoms with van der Waals surface area (Å²) < 4.78 is 0. The number of rotatable bonds is 4. The third kappa shape index (κ3) is 3.48. The first-order chi connectivity index (χ1) is 8.25. The molecule has 1 aliphatic carbocycles. The molecule has 0 bridgehead atoms. The van der Waals surface area contributed by atoms with Gasteiger partial charge in [-0.15, -0.1) is 0 Å². The van der Waals surface area contributed by atoms with E-state index in [-0.39, 0.29) is 17.6 Å². The Hall–Kier alpha value is -1.51. The molecule has 0 saturated heterocycles. The van der Waals surface area contributed by atoms with E-state index in [9.17, 15) is 4.79 Å². The summed E-state index contributed by atoms with van der Waals surface area (Å²) in [6.07, 6.45) is 5.29. The second-order valence-electron chi connectivity index (χ2n) is 4.69. The minimum atomic E-state index is 0.210. The molecule has 0 aliphatic heterocycles. The zero-order valence-corrected chi connectivity index (χ0v) is 9.98. The van der Waals surface area contributed by atoms with E-state index in [0.29, 0.717) is 6.54 Å². The molecule has 3 nitrogen and oxygen atoms in total. The predicted octanol–water partition coefficient (Wildman–Crippen LogP) is 2.24. The van der Waals surface area contributed by atoms with Crippen molar-refractivity contribution in [3.05, 3.63) is 29.8 Å². The van der Waals surface area contributed by atoms with Gasteiger partial charge >= 0.3 is 0 Å². The highest BCUT2D eigenvalue weighted by atomic mass is 16.3. The lowest BCUT2D eigenvalue weighted by molar-refractivity contribution is -0.124. The molecule has 1 aromatic carbocycles. The van der Waals surface area contributed by atoms with Crippen LogP contribution in [-0.2, 0) is 11.2 Å². The Morgan fingerprint density at radius 1 is 1.24 bits per heavy atom. The second-order valence-corrected chi connectivity index (χ2v) is 4.69. The molecule has 1 amide bonds. The Morgan fingerprint density at radius 2 is 1.88 bits per heavy atom. The summed E-state index contributed by atoms with van der Waals surface area (Å²) in [5.41, 5.74) is 1.13. The number of benzene rings is 1. The highest BCUT2D eigenvalue weighted by Gasteiger charge is 2.21. The van der Waals surface area contributed by atoms with Gasteiger partial charge < -0.3 is 10.4 Å². The molecule has 1 saturated carbocycles. The van der Waals surface area contributed by atoms with Crippen LogP contribution in [0.1, 0.15) is 31.2 Å². The number of hydrogen-bond donors (Lipinski definition) is 2. The molecular weight excluding hydrogens is 214 g/mol. The van der Waals surface area contributed by atoms with Gasteiger partial charge in [0.05, 0.1) is 0 Å². The molecule has 17 heavy (non-hydrogen) atoms. The van der Waals surface area contributed by atoms with E-state index in [1.165, 1.54) is 12.8 Å². The van der Waals surface area contributed by atoms with Gasteiger partial charge in [-0.25, -0.2) is 0 Å². The van der Waals surface area contributed by atoms with Crippen LogP contribution < -0.4 is 5.32 Å². The lowest BCUT2D eigenvalue weighted by Crippen LogP contribution is -2.30. The van der Waals surface area contributed by atoms with Crippen molar-refractivity contribution in [2.75, 3.05) is 6.54 Å². The Balaban J connectivity index is 1.72. The first-order valence-electron chi connectivity index (χ1n) is 6.31. The highest BCUT2D eigenvalue weighted by Crippen LogP contribution is 2.24. The van der Waals surface area contributed by atoms with Gasteiger partial charge in [0.15, 0.2) is 0 Å². The molecule has 0 atom stereocenters. The molecule has 0 heterocycles. The summed E-state index contributed by atoms with van der Waals surface area (Å²) in [4.78, 5) is 11.7. The topological polar surface area (TPSA) is 49.3 Å². The molecule has 0 aromatic heterocycles. The molecule has 0 spiro atoms. The van der Waals surface area contributed by atoms with E-state index >= 15 is 0 Å². The second kappa shape index (κ2) is 5.71. The molecular formula is C14H19NO2. The number of carbonyl (C=O) groups is 1. The van der Waals surface area contributed by atoms with E-state index in [2.05, 4.69) is 5.32 Å². The van der Waals surface area contributed by atoms with Crippen molar-refractivity contribution in [2.24, 2.45) is 5.92 Å². The summed E-state index contributed by atoms with van der Waals surface area (Å²) >= 11 is 0. The number of nitrogens with one attached hydrogen (secondary N) is 1. The summed E-state index contributed by atoms with van der Waals surface area (Å²) in [7, 11) is 0. The quantitative estimate of drug-likeness (QED) is 0.838. The fourth-order valence-corrected chi connectivity index (χ4v) is 2.32. The van der Waals surface area contributed by atoms with E-state index in [0.717, 1.165) is 24.8 Å². The monoisotopic (exact) mass is 233 g/mol. The zero-order chi connectivity index (χ0) is 12.1. The number of hydrogen-bond acceptors (Lipinski definition) is 2. The Labute approximate surface area is 102 Å². The number of amides is 1. The maximum Gasteiger partial charge on any atom is 0.223 e. The Bertz CT molecular complexity index is 366. The van der Waals surface area contributed by atoms with Gasteiger partial charge in [-0.3, -0.25) is 4.79 Å². The number of phenolic OH excluding ortho intramolecular Hbond substituents is 1. The molecule has 1 aromatic rings. The first-order valence-corrected chi connectivity index (χ1v) is 6.31. The minimum Gasteiger partial charge on any atom is -0.508 e. The van der Waals surface area contributed by atoms with Crippen molar-refractivity contribution in [1.82, 2.24) is 5.32 Å². The van der Waals surface area contributed by atoms with Gasteiger partial charge in [-0.05, 0) is 37.0 Å². The highest BCUT2D eigenvalue weighted by molar-refractivity contribution is 5.78. The average Bonchev–Trinajstić information content (AvgIpc) is 2.85. The fraction of sp³-hybridized carbons (Fsp3) is 0.500. The van der Waals surface area contributed by atoms with E-state index < -0.39 is 0 Å². The van der Waals surface area contributed by atoms with Gasteiger partial charge in [-0.1, -0.05) is 25.0 Å². The van der Waals surface area contributed by atoms with Gasteiger partial charge in [0.1, 0.15) is 5.75 Å². The SMILES string of the molecule is O=C(NCCc1ccc(O)cc1)C1CCCC1. The molecule has 1 aliphatic rings. The molecule has 92 valence electrons. The molecule has 0 unspecified atom stereocenters. The van der Waals surface area contributed by atoms with Crippen LogP contribution in [-0.4, -0.2) is 17.6 Å². The van der Waals surface area contributed by atoms with Crippen molar-refractivity contribution >= 4 is 5.91 Å². The third-order valence-corrected chi connectivity index (χ3v) is 3.38.